The zero-order valence-corrected chi connectivity index (χ0v) is 12.9. The van der Waals surface area contributed by atoms with Crippen LogP contribution in [0.1, 0.15) is 30.6 Å². The monoisotopic (exact) mass is 293 g/mol. The normalized spacial score (nSPS) is 16.1. The molecule has 1 amide bonds. The van der Waals surface area contributed by atoms with Crippen LogP contribution in [0.4, 0.5) is 0 Å². The van der Waals surface area contributed by atoms with E-state index in [9.17, 15) is 4.79 Å². The first-order valence-corrected chi connectivity index (χ1v) is 7.19. The Morgan fingerprint density at radius 1 is 1.29 bits per heavy atom. The molecule has 5 heteroatoms. The van der Waals surface area contributed by atoms with Crippen LogP contribution in [0.3, 0.4) is 0 Å². The summed E-state index contributed by atoms with van der Waals surface area (Å²) < 4.78 is 16.5. The highest BCUT2D eigenvalue weighted by Crippen LogP contribution is 2.34. The number of nitrogens with one attached hydrogen (secondary N) is 1. The molecule has 0 atom stereocenters. The molecule has 0 spiro atoms. The van der Waals surface area contributed by atoms with Crippen molar-refractivity contribution < 1.29 is 19.0 Å². The van der Waals surface area contributed by atoms with E-state index in [0.29, 0.717) is 43.4 Å². The number of carbonyl (C=O) groups excluding carboxylic acids is 1. The van der Waals surface area contributed by atoms with E-state index in [1.54, 1.807) is 25.3 Å². The largest absolute Gasteiger partial charge is 0.489 e. The molecule has 1 aliphatic heterocycles. The summed E-state index contributed by atoms with van der Waals surface area (Å²) in [5.41, 5.74) is 0.538. The standard InChI is InChI=1S/C16H23NO4/c1-16(2)10-20-13-6-5-12(9-14(13)21-11-16)15(18)17-7-4-8-19-3/h5-6,9H,4,7-8,10-11H2,1-3H3,(H,17,18). The van der Waals surface area contributed by atoms with Crippen LogP contribution in [-0.4, -0.2) is 39.4 Å². The van der Waals surface area contributed by atoms with Gasteiger partial charge in [-0.2, -0.15) is 0 Å². The average molecular weight is 293 g/mol. The Morgan fingerprint density at radius 3 is 2.71 bits per heavy atom. The minimum atomic E-state index is -0.110. The van der Waals surface area contributed by atoms with E-state index < -0.39 is 0 Å². The van der Waals surface area contributed by atoms with Crippen LogP contribution in [-0.2, 0) is 4.74 Å². The van der Waals surface area contributed by atoms with Gasteiger partial charge < -0.3 is 19.5 Å². The lowest BCUT2D eigenvalue weighted by Gasteiger charge is -2.19. The molecule has 1 N–H and O–H groups in total. The Morgan fingerprint density at radius 2 is 2.00 bits per heavy atom. The molecule has 0 aliphatic carbocycles. The molecule has 5 nitrogen and oxygen atoms in total. The van der Waals surface area contributed by atoms with Gasteiger partial charge in [0.25, 0.3) is 5.91 Å². The number of carbonyl (C=O) groups is 1. The fourth-order valence-corrected chi connectivity index (χ4v) is 1.99. The molecule has 0 fully saturated rings. The van der Waals surface area contributed by atoms with E-state index >= 15 is 0 Å². The predicted octanol–water partition coefficient (Wildman–Crippen LogP) is 2.25. The van der Waals surface area contributed by atoms with Gasteiger partial charge in [-0.25, -0.2) is 0 Å². The van der Waals surface area contributed by atoms with Crippen molar-refractivity contribution >= 4 is 5.91 Å². The van der Waals surface area contributed by atoms with Crippen molar-refractivity contribution in [1.82, 2.24) is 5.32 Å². The SMILES string of the molecule is COCCCNC(=O)c1ccc2c(c1)OCC(C)(C)CO2. The van der Waals surface area contributed by atoms with Gasteiger partial charge >= 0.3 is 0 Å². The summed E-state index contributed by atoms with van der Waals surface area (Å²) in [7, 11) is 1.65. The summed E-state index contributed by atoms with van der Waals surface area (Å²) in [5, 5.41) is 2.86. The zero-order chi connectivity index (χ0) is 15.3. The van der Waals surface area contributed by atoms with Crippen molar-refractivity contribution in [3.05, 3.63) is 23.8 Å². The molecule has 0 aromatic heterocycles. The third-order valence-corrected chi connectivity index (χ3v) is 3.25. The molecule has 2 rings (SSSR count). The summed E-state index contributed by atoms with van der Waals surface area (Å²) in [4.78, 5) is 12.1. The van der Waals surface area contributed by atoms with Crippen molar-refractivity contribution in [2.24, 2.45) is 5.41 Å². The Balaban J connectivity index is 2.01. The molecule has 116 valence electrons. The number of hydrogen-bond acceptors (Lipinski definition) is 4. The van der Waals surface area contributed by atoms with Crippen LogP contribution in [0.5, 0.6) is 11.5 Å². The van der Waals surface area contributed by atoms with Crippen LogP contribution in [0.2, 0.25) is 0 Å². The molecule has 0 saturated heterocycles. The number of hydrogen-bond donors (Lipinski definition) is 1. The number of amides is 1. The molecule has 21 heavy (non-hydrogen) atoms. The molecule has 0 unspecified atom stereocenters. The zero-order valence-electron chi connectivity index (χ0n) is 12.9. The predicted molar refractivity (Wildman–Crippen MR) is 80.0 cm³/mol. The minimum absolute atomic E-state index is 0.0401. The lowest BCUT2D eigenvalue weighted by atomic mass is 9.97. The highest BCUT2D eigenvalue weighted by Gasteiger charge is 2.25. The molecular weight excluding hydrogens is 270 g/mol. The van der Waals surface area contributed by atoms with Crippen molar-refractivity contribution in [2.75, 3.05) is 33.5 Å². The van der Waals surface area contributed by atoms with E-state index in [-0.39, 0.29) is 11.3 Å². The Hall–Kier alpha value is -1.75. The number of fused-ring (bicyclic) bond motifs is 1. The van der Waals surface area contributed by atoms with E-state index in [1.807, 2.05) is 0 Å². The van der Waals surface area contributed by atoms with Crippen LogP contribution in [0.15, 0.2) is 18.2 Å². The Kier molecular flexibility index (Phi) is 5.07. The Labute approximate surface area is 125 Å². The molecule has 1 aliphatic rings. The van der Waals surface area contributed by atoms with Crippen molar-refractivity contribution in [2.45, 2.75) is 20.3 Å². The summed E-state index contributed by atoms with van der Waals surface area (Å²) in [6, 6.07) is 5.29. The van der Waals surface area contributed by atoms with Gasteiger partial charge in [-0.3, -0.25) is 4.79 Å². The third kappa shape index (κ3) is 4.36. The van der Waals surface area contributed by atoms with E-state index in [0.717, 1.165) is 6.42 Å². The summed E-state index contributed by atoms with van der Waals surface area (Å²) in [6.45, 7) is 6.57. The molecule has 0 radical (unpaired) electrons. The van der Waals surface area contributed by atoms with Crippen LogP contribution in [0, 0.1) is 5.41 Å². The second-order valence-electron chi connectivity index (χ2n) is 6.01. The molecule has 0 bridgehead atoms. The second kappa shape index (κ2) is 6.80. The van der Waals surface area contributed by atoms with Gasteiger partial charge in [0, 0.05) is 31.2 Å². The summed E-state index contributed by atoms with van der Waals surface area (Å²) >= 11 is 0. The maximum Gasteiger partial charge on any atom is 0.251 e. The maximum atomic E-state index is 12.1. The molecule has 1 aromatic rings. The van der Waals surface area contributed by atoms with Gasteiger partial charge in [-0.15, -0.1) is 0 Å². The number of benzene rings is 1. The van der Waals surface area contributed by atoms with Crippen molar-refractivity contribution in [3.8, 4) is 11.5 Å². The van der Waals surface area contributed by atoms with E-state index in [1.165, 1.54) is 0 Å². The van der Waals surface area contributed by atoms with E-state index in [4.69, 9.17) is 14.2 Å². The van der Waals surface area contributed by atoms with Crippen molar-refractivity contribution in [3.63, 3.8) is 0 Å². The van der Waals surface area contributed by atoms with Crippen LogP contribution < -0.4 is 14.8 Å². The topological polar surface area (TPSA) is 56.8 Å². The maximum absolute atomic E-state index is 12.1. The average Bonchev–Trinajstić information content (AvgIpc) is 2.62. The highest BCUT2D eigenvalue weighted by molar-refractivity contribution is 5.94. The minimum Gasteiger partial charge on any atom is -0.489 e. The fourth-order valence-electron chi connectivity index (χ4n) is 1.99. The van der Waals surface area contributed by atoms with Crippen LogP contribution in [0.25, 0.3) is 0 Å². The smallest absolute Gasteiger partial charge is 0.251 e. The first-order valence-electron chi connectivity index (χ1n) is 7.19. The third-order valence-electron chi connectivity index (χ3n) is 3.25. The first-order chi connectivity index (χ1) is 10.0. The highest BCUT2D eigenvalue weighted by atomic mass is 16.5. The number of ether oxygens (including phenoxy) is 3. The molecule has 1 aromatic carbocycles. The van der Waals surface area contributed by atoms with E-state index in [2.05, 4.69) is 19.2 Å². The lowest BCUT2D eigenvalue weighted by molar-refractivity contribution is 0.0948. The van der Waals surface area contributed by atoms with Gasteiger partial charge in [0.15, 0.2) is 11.5 Å². The molecule has 1 heterocycles. The van der Waals surface area contributed by atoms with Gasteiger partial charge in [0.05, 0.1) is 13.2 Å². The van der Waals surface area contributed by atoms with Gasteiger partial charge in [0.1, 0.15) is 0 Å². The number of methoxy groups -OCH3 is 1. The molecule has 0 saturated carbocycles. The van der Waals surface area contributed by atoms with Crippen molar-refractivity contribution in [1.29, 1.82) is 0 Å². The number of rotatable bonds is 5. The molecular formula is C16H23NO4. The first kappa shape index (κ1) is 15.6. The quantitative estimate of drug-likeness (QED) is 0.846. The Bertz CT molecular complexity index is 499. The summed E-state index contributed by atoms with van der Waals surface area (Å²) in [5.74, 6) is 1.21. The van der Waals surface area contributed by atoms with Gasteiger partial charge in [-0.1, -0.05) is 13.8 Å². The van der Waals surface area contributed by atoms with Crippen LogP contribution >= 0.6 is 0 Å². The lowest BCUT2D eigenvalue weighted by Crippen LogP contribution is -2.26. The summed E-state index contributed by atoms with van der Waals surface area (Å²) in [6.07, 6.45) is 0.793. The fraction of sp³-hybridized carbons (Fsp3) is 0.562. The van der Waals surface area contributed by atoms with Gasteiger partial charge in [-0.05, 0) is 24.6 Å². The second-order valence-corrected chi connectivity index (χ2v) is 6.01. The van der Waals surface area contributed by atoms with Gasteiger partial charge in [0.2, 0.25) is 0 Å².